The Morgan fingerprint density at radius 3 is 2.45 bits per heavy atom. The quantitative estimate of drug-likeness (QED) is 0.610. The van der Waals surface area contributed by atoms with E-state index in [1.54, 1.807) is 23.9 Å². The molecular formula is C12H18N2O4S2. The molecule has 0 aliphatic heterocycles. The van der Waals surface area contributed by atoms with Gasteiger partial charge in [-0.25, -0.2) is 0 Å². The van der Waals surface area contributed by atoms with Crippen molar-refractivity contribution in [1.82, 2.24) is 4.31 Å². The SMILES string of the molecule is COC(=O)CCN(C)S(=O)(=O)Nc1ccc(SC)cc1. The average Bonchev–Trinajstić information content (AvgIpc) is 2.44. The lowest BCUT2D eigenvalue weighted by Gasteiger charge is -2.17. The number of hydrogen-bond donors (Lipinski definition) is 1. The van der Waals surface area contributed by atoms with E-state index in [1.807, 2.05) is 18.4 Å². The maximum Gasteiger partial charge on any atom is 0.306 e. The molecule has 0 spiro atoms. The highest BCUT2D eigenvalue weighted by Gasteiger charge is 2.18. The van der Waals surface area contributed by atoms with Gasteiger partial charge >= 0.3 is 16.2 Å². The average molecular weight is 318 g/mol. The van der Waals surface area contributed by atoms with Crippen LogP contribution < -0.4 is 4.72 Å². The van der Waals surface area contributed by atoms with Crippen LogP contribution in [0.1, 0.15) is 6.42 Å². The van der Waals surface area contributed by atoms with Gasteiger partial charge in [-0.2, -0.15) is 12.7 Å². The van der Waals surface area contributed by atoms with Gasteiger partial charge in [0.15, 0.2) is 0 Å². The molecule has 0 bridgehead atoms. The van der Waals surface area contributed by atoms with Crippen LogP contribution in [0, 0.1) is 0 Å². The number of esters is 1. The highest BCUT2D eigenvalue weighted by Crippen LogP contribution is 2.18. The number of rotatable bonds is 7. The third kappa shape index (κ3) is 5.03. The zero-order valence-corrected chi connectivity index (χ0v) is 13.3. The first-order valence-electron chi connectivity index (χ1n) is 5.84. The molecule has 0 aliphatic rings. The van der Waals surface area contributed by atoms with Gasteiger partial charge in [0.05, 0.1) is 13.5 Å². The Morgan fingerprint density at radius 1 is 1.35 bits per heavy atom. The van der Waals surface area contributed by atoms with E-state index in [1.165, 1.54) is 14.2 Å². The number of nitrogens with one attached hydrogen (secondary N) is 1. The first-order valence-corrected chi connectivity index (χ1v) is 8.50. The molecule has 0 fully saturated rings. The van der Waals surface area contributed by atoms with Gasteiger partial charge in [-0.3, -0.25) is 9.52 Å². The number of carbonyl (C=O) groups excluding carboxylic acids is 1. The van der Waals surface area contributed by atoms with E-state index in [-0.39, 0.29) is 13.0 Å². The molecule has 0 aromatic heterocycles. The van der Waals surface area contributed by atoms with Crippen LogP contribution >= 0.6 is 11.8 Å². The minimum atomic E-state index is -3.67. The third-order valence-electron chi connectivity index (χ3n) is 2.61. The molecule has 0 radical (unpaired) electrons. The van der Waals surface area contributed by atoms with Gasteiger partial charge in [0.25, 0.3) is 0 Å². The summed E-state index contributed by atoms with van der Waals surface area (Å²) in [5.41, 5.74) is 0.479. The Kier molecular flexibility index (Phi) is 6.31. The second-order valence-electron chi connectivity index (χ2n) is 3.98. The van der Waals surface area contributed by atoms with Crippen molar-refractivity contribution in [3.63, 3.8) is 0 Å². The summed E-state index contributed by atoms with van der Waals surface area (Å²) >= 11 is 1.58. The highest BCUT2D eigenvalue weighted by atomic mass is 32.2. The molecule has 1 N–H and O–H groups in total. The molecule has 6 nitrogen and oxygen atoms in total. The van der Waals surface area contributed by atoms with Gasteiger partial charge < -0.3 is 4.74 Å². The summed E-state index contributed by atoms with van der Waals surface area (Å²) in [6.07, 6.45) is 1.96. The summed E-state index contributed by atoms with van der Waals surface area (Å²) in [5, 5.41) is 0. The predicted octanol–water partition coefficient (Wildman–Crippen LogP) is 1.56. The molecule has 1 aromatic carbocycles. The Hall–Kier alpha value is -1.25. The number of ether oxygens (including phenoxy) is 1. The normalized spacial score (nSPS) is 11.4. The fourth-order valence-electron chi connectivity index (χ4n) is 1.36. The maximum absolute atomic E-state index is 12.0. The molecule has 0 saturated heterocycles. The van der Waals surface area contributed by atoms with Gasteiger partial charge in [-0.1, -0.05) is 0 Å². The molecule has 20 heavy (non-hydrogen) atoms. The van der Waals surface area contributed by atoms with Crippen molar-refractivity contribution in [3.05, 3.63) is 24.3 Å². The number of thioether (sulfide) groups is 1. The van der Waals surface area contributed by atoms with Gasteiger partial charge in [0, 0.05) is 24.2 Å². The maximum atomic E-state index is 12.0. The number of carbonyl (C=O) groups is 1. The molecule has 0 amide bonds. The van der Waals surface area contributed by atoms with Crippen LogP contribution in [-0.4, -0.2) is 45.7 Å². The van der Waals surface area contributed by atoms with E-state index < -0.39 is 16.2 Å². The van der Waals surface area contributed by atoms with Crippen LogP contribution in [0.5, 0.6) is 0 Å². The Bertz CT molecular complexity index is 543. The number of hydrogen-bond acceptors (Lipinski definition) is 5. The Balaban J connectivity index is 2.65. The summed E-state index contributed by atoms with van der Waals surface area (Å²) in [5.74, 6) is -0.448. The topological polar surface area (TPSA) is 75.7 Å². The van der Waals surface area contributed by atoms with Crippen LogP contribution in [0.4, 0.5) is 5.69 Å². The number of methoxy groups -OCH3 is 1. The first kappa shape index (κ1) is 16.8. The van der Waals surface area contributed by atoms with Crippen molar-refractivity contribution in [1.29, 1.82) is 0 Å². The lowest BCUT2D eigenvalue weighted by atomic mass is 10.3. The molecule has 112 valence electrons. The largest absolute Gasteiger partial charge is 0.469 e. The van der Waals surface area contributed by atoms with E-state index in [9.17, 15) is 13.2 Å². The summed E-state index contributed by atoms with van der Waals surface area (Å²) in [4.78, 5) is 12.1. The monoisotopic (exact) mass is 318 g/mol. The second-order valence-corrected chi connectivity index (χ2v) is 6.64. The molecule has 1 aromatic rings. The predicted molar refractivity (Wildman–Crippen MR) is 80.0 cm³/mol. The van der Waals surface area contributed by atoms with Crippen LogP contribution in [0.3, 0.4) is 0 Å². The lowest BCUT2D eigenvalue weighted by molar-refractivity contribution is -0.140. The summed E-state index contributed by atoms with van der Waals surface area (Å²) in [6, 6.07) is 7.04. The minimum absolute atomic E-state index is 0.0132. The lowest BCUT2D eigenvalue weighted by Crippen LogP contribution is -2.34. The first-order chi connectivity index (χ1) is 9.39. The molecule has 8 heteroatoms. The van der Waals surface area contributed by atoms with E-state index in [0.717, 1.165) is 9.20 Å². The molecular weight excluding hydrogens is 300 g/mol. The minimum Gasteiger partial charge on any atom is -0.469 e. The molecule has 0 atom stereocenters. The Morgan fingerprint density at radius 2 is 1.95 bits per heavy atom. The van der Waals surface area contributed by atoms with Gasteiger partial charge in [0.1, 0.15) is 0 Å². The van der Waals surface area contributed by atoms with Crippen LogP contribution in [0.15, 0.2) is 29.2 Å². The van der Waals surface area contributed by atoms with Crippen LogP contribution in [-0.2, 0) is 19.7 Å². The van der Waals surface area contributed by atoms with E-state index in [4.69, 9.17) is 0 Å². The third-order valence-corrected chi connectivity index (χ3v) is 4.85. The van der Waals surface area contributed by atoms with Gasteiger partial charge in [0.2, 0.25) is 0 Å². The highest BCUT2D eigenvalue weighted by molar-refractivity contribution is 7.98. The smallest absolute Gasteiger partial charge is 0.306 e. The van der Waals surface area contributed by atoms with Crippen molar-refractivity contribution in [2.24, 2.45) is 0 Å². The number of benzene rings is 1. The zero-order valence-electron chi connectivity index (χ0n) is 11.6. The van der Waals surface area contributed by atoms with E-state index >= 15 is 0 Å². The standard InChI is InChI=1S/C12H18N2O4S2/c1-14(9-8-12(15)18-2)20(16,17)13-10-4-6-11(19-3)7-5-10/h4-7,13H,8-9H2,1-3H3. The van der Waals surface area contributed by atoms with Crippen LogP contribution in [0.2, 0.25) is 0 Å². The second kappa shape index (κ2) is 7.51. The van der Waals surface area contributed by atoms with Crippen molar-refractivity contribution in [2.75, 3.05) is 31.7 Å². The fraction of sp³-hybridized carbons (Fsp3) is 0.417. The number of nitrogens with zero attached hydrogens (tertiary/aromatic N) is 1. The van der Waals surface area contributed by atoms with E-state index in [2.05, 4.69) is 9.46 Å². The molecule has 0 heterocycles. The van der Waals surface area contributed by atoms with Crippen molar-refractivity contribution in [2.45, 2.75) is 11.3 Å². The van der Waals surface area contributed by atoms with Gasteiger partial charge in [-0.15, -0.1) is 11.8 Å². The van der Waals surface area contributed by atoms with Crippen molar-refractivity contribution < 1.29 is 17.9 Å². The summed E-state index contributed by atoms with van der Waals surface area (Å²) in [7, 11) is -0.997. The zero-order chi connectivity index (χ0) is 15.2. The molecule has 0 aliphatic carbocycles. The molecule has 1 rings (SSSR count). The summed E-state index contributed by atoms with van der Waals surface area (Å²) < 4.78 is 32.0. The van der Waals surface area contributed by atoms with Crippen molar-refractivity contribution >= 4 is 33.6 Å². The van der Waals surface area contributed by atoms with Crippen molar-refractivity contribution in [3.8, 4) is 0 Å². The van der Waals surface area contributed by atoms with Gasteiger partial charge in [-0.05, 0) is 30.5 Å². The van der Waals surface area contributed by atoms with E-state index in [0.29, 0.717) is 5.69 Å². The summed E-state index contributed by atoms with van der Waals surface area (Å²) in [6.45, 7) is 0.0604. The number of anilines is 1. The Labute approximate surface area is 123 Å². The molecule has 0 unspecified atom stereocenters. The molecule has 0 saturated carbocycles. The fourth-order valence-corrected chi connectivity index (χ4v) is 2.69. The van der Waals surface area contributed by atoms with Crippen LogP contribution in [0.25, 0.3) is 0 Å².